The predicted molar refractivity (Wildman–Crippen MR) is 86.6 cm³/mol. The van der Waals surface area contributed by atoms with Crippen LogP contribution in [0.5, 0.6) is 0 Å². The Morgan fingerprint density at radius 1 is 1.25 bits per heavy atom. The molecule has 4 heteroatoms. The Hall–Kier alpha value is -1.32. The molecular formula is C16H15BrClNO. The summed E-state index contributed by atoms with van der Waals surface area (Å²) in [6, 6.07) is 15.1. The van der Waals surface area contributed by atoms with E-state index < -0.39 is 0 Å². The first-order chi connectivity index (χ1) is 9.61. The van der Waals surface area contributed by atoms with Gasteiger partial charge in [-0.3, -0.25) is 4.79 Å². The minimum atomic E-state index is -0.113. The number of aryl methyl sites for hydroxylation is 1. The molecule has 2 aromatic rings. The molecule has 0 aliphatic heterocycles. The quantitative estimate of drug-likeness (QED) is 0.806. The van der Waals surface area contributed by atoms with Crippen molar-refractivity contribution in [3.63, 3.8) is 0 Å². The zero-order valence-corrected chi connectivity index (χ0v) is 13.4. The molecule has 1 unspecified atom stereocenters. The van der Waals surface area contributed by atoms with Gasteiger partial charge in [0.1, 0.15) is 0 Å². The van der Waals surface area contributed by atoms with Crippen molar-refractivity contribution in [2.24, 2.45) is 0 Å². The number of hydrogen-bond donors (Lipinski definition) is 1. The average molecular weight is 353 g/mol. The predicted octanol–water partition coefficient (Wildman–Crippen LogP) is 4.51. The lowest BCUT2D eigenvalue weighted by Crippen LogP contribution is -2.30. The second-order valence-electron chi connectivity index (χ2n) is 4.55. The molecule has 0 aliphatic carbocycles. The van der Waals surface area contributed by atoms with E-state index in [9.17, 15) is 4.79 Å². The monoisotopic (exact) mass is 351 g/mol. The van der Waals surface area contributed by atoms with Crippen molar-refractivity contribution in [2.75, 3.05) is 5.33 Å². The lowest BCUT2D eigenvalue weighted by Gasteiger charge is -2.17. The second-order valence-corrected chi connectivity index (χ2v) is 5.63. The smallest absolute Gasteiger partial charge is 0.252 e. The van der Waals surface area contributed by atoms with Gasteiger partial charge in [0.05, 0.1) is 6.04 Å². The SMILES string of the molecule is Cc1ccc(Cl)cc1C(=O)NC(CBr)c1ccccc1. The van der Waals surface area contributed by atoms with E-state index >= 15 is 0 Å². The molecule has 2 rings (SSSR count). The van der Waals surface area contributed by atoms with Crippen LogP contribution in [-0.4, -0.2) is 11.2 Å². The van der Waals surface area contributed by atoms with Crippen LogP contribution in [0.3, 0.4) is 0 Å². The maximum atomic E-state index is 12.4. The molecule has 2 nitrogen and oxygen atoms in total. The Balaban J connectivity index is 2.20. The topological polar surface area (TPSA) is 29.1 Å². The Morgan fingerprint density at radius 3 is 2.60 bits per heavy atom. The average Bonchev–Trinajstić information content (AvgIpc) is 2.48. The van der Waals surface area contributed by atoms with Crippen molar-refractivity contribution < 1.29 is 4.79 Å². The van der Waals surface area contributed by atoms with Gasteiger partial charge in [-0.1, -0.05) is 63.9 Å². The van der Waals surface area contributed by atoms with E-state index in [2.05, 4.69) is 21.2 Å². The third-order valence-electron chi connectivity index (χ3n) is 3.11. The maximum Gasteiger partial charge on any atom is 0.252 e. The summed E-state index contributed by atoms with van der Waals surface area (Å²) in [5.74, 6) is -0.113. The molecule has 0 fully saturated rings. The number of alkyl halides is 1. The molecule has 0 aliphatic rings. The Kier molecular flexibility index (Phi) is 5.21. The van der Waals surface area contributed by atoms with Crippen molar-refractivity contribution in [1.29, 1.82) is 0 Å². The van der Waals surface area contributed by atoms with E-state index in [1.807, 2.05) is 43.3 Å². The van der Waals surface area contributed by atoms with Gasteiger partial charge in [0, 0.05) is 15.9 Å². The minimum absolute atomic E-state index is 0.0675. The highest BCUT2D eigenvalue weighted by atomic mass is 79.9. The second kappa shape index (κ2) is 6.91. The number of halogens is 2. The van der Waals surface area contributed by atoms with Gasteiger partial charge in [0.2, 0.25) is 0 Å². The van der Waals surface area contributed by atoms with E-state index in [1.165, 1.54) is 0 Å². The fraction of sp³-hybridized carbons (Fsp3) is 0.188. The summed E-state index contributed by atoms with van der Waals surface area (Å²) in [5, 5.41) is 4.24. The van der Waals surface area contributed by atoms with Crippen molar-refractivity contribution in [3.8, 4) is 0 Å². The first kappa shape index (κ1) is 15.1. The number of nitrogens with one attached hydrogen (secondary N) is 1. The van der Waals surface area contributed by atoms with E-state index in [-0.39, 0.29) is 11.9 Å². The van der Waals surface area contributed by atoms with Gasteiger partial charge < -0.3 is 5.32 Å². The molecule has 0 spiro atoms. The molecule has 0 heterocycles. The number of amides is 1. The first-order valence-corrected chi connectivity index (χ1v) is 7.79. The fourth-order valence-electron chi connectivity index (χ4n) is 1.97. The number of carbonyl (C=O) groups is 1. The normalized spacial score (nSPS) is 11.9. The van der Waals surface area contributed by atoms with Crippen LogP contribution in [0, 0.1) is 6.92 Å². The van der Waals surface area contributed by atoms with Crippen LogP contribution < -0.4 is 5.32 Å². The van der Waals surface area contributed by atoms with Crippen molar-refractivity contribution in [2.45, 2.75) is 13.0 Å². The molecule has 2 aromatic carbocycles. The largest absolute Gasteiger partial charge is 0.344 e. The molecule has 0 aromatic heterocycles. The summed E-state index contributed by atoms with van der Waals surface area (Å²) >= 11 is 9.40. The van der Waals surface area contributed by atoms with Gasteiger partial charge in [-0.15, -0.1) is 0 Å². The van der Waals surface area contributed by atoms with Gasteiger partial charge in [0.15, 0.2) is 0 Å². The van der Waals surface area contributed by atoms with E-state index in [0.29, 0.717) is 15.9 Å². The zero-order valence-electron chi connectivity index (χ0n) is 11.1. The Bertz CT molecular complexity index is 601. The molecule has 0 saturated carbocycles. The summed E-state index contributed by atoms with van der Waals surface area (Å²) in [7, 11) is 0. The van der Waals surface area contributed by atoms with Crippen LogP contribution in [0.15, 0.2) is 48.5 Å². The number of benzene rings is 2. The maximum absolute atomic E-state index is 12.4. The minimum Gasteiger partial charge on any atom is -0.344 e. The van der Waals surface area contributed by atoms with Gasteiger partial charge >= 0.3 is 0 Å². The summed E-state index contributed by atoms with van der Waals surface area (Å²) in [6.07, 6.45) is 0. The third-order valence-corrected chi connectivity index (χ3v) is 3.99. The van der Waals surface area contributed by atoms with Crippen LogP contribution in [0.4, 0.5) is 0 Å². The zero-order chi connectivity index (χ0) is 14.5. The molecule has 1 atom stereocenters. The summed E-state index contributed by atoms with van der Waals surface area (Å²) in [5.41, 5.74) is 2.59. The number of carbonyl (C=O) groups excluding carboxylic acids is 1. The summed E-state index contributed by atoms with van der Waals surface area (Å²) < 4.78 is 0. The first-order valence-electron chi connectivity index (χ1n) is 6.29. The fourth-order valence-corrected chi connectivity index (χ4v) is 2.68. The summed E-state index contributed by atoms with van der Waals surface area (Å²) in [6.45, 7) is 1.90. The van der Waals surface area contributed by atoms with Crippen molar-refractivity contribution in [1.82, 2.24) is 5.32 Å². The Labute approximate surface area is 132 Å². The molecular weight excluding hydrogens is 338 g/mol. The van der Waals surface area contributed by atoms with Crippen LogP contribution in [-0.2, 0) is 0 Å². The standard InChI is InChI=1S/C16H15BrClNO/c1-11-7-8-13(18)9-14(11)16(20)19-15(10-17)12-5-3-2-4-6-12/h2-9,15H,10H2,1H3,(H,19,20). The number of hydrogen-bond acceptors (Lipinski definition) is 1. The van der Waals surface area contributed by atoms with Gasteiger partial charge in [0.25, 0.3) is 5.91 Å². The van der Waals surface area contributed by atoms with Gasteiger partial charge in [-0.05, 0) is 30.2 Å². The van der Waals surface area contributed by atoms with Crippen LogP contribution in [0.1, 0.15) is 27.5 Å². The van der Waals surface area contributed by atoms with E-state index in [0.717, 1.165) is 11.1 Å². The number of rotatable bonds is 4. The van der Waals surface area contributed by atoms with Gasteiger partial charge in [-0.25, -0.2) is 0 Å². The van der Waals surface area contributed by atoms with Gasteiger partial charge in [-0.2, -0.15) is 0 Å². The van der Waals surface area contributed by atoms with Crippen molar-refractivity contribution in [3.05, 3.63) is 70.2 Å². The highest BCUT2D eigenvalue weighted by Gasteiger charge is 2.16. The van der Waals surface area contributed by atoms with Crippen LogP contribution in [0.2, 0.25) is 5.02 Å². The summed E-state index contributed by atoms with van der Waals surface area (Å²) in [4.78, 5) is 12.4. The highest BCUT2D eigenvalue weighted by molar-refractivity contribution is 9.09. The molecule has 0 bridgehead atoms. The van der Waals surface area contributed by atoms with Crippen molar-refractivity contribution >= 4 is 33.4 Å². The molecule has 20 heavy (non-hydrogen) atoms. The van der Waals surface area contributed by atoms with E-state index in [1.54, 1.807) is 12.1 Å². The lowest BCUT2D eigenvalue weighted by atomic mass is 10.1. The van der Waals surface area contributed by atoms with E-state index in [4.69, 9.17) is 11.6 Å². The highest BCUT2D eigenvalue weighted by Crippen LogP contribution is 2.19. The third kappa shape index (κ3) is 3.62. The van der Waals surface area contributed by atoms with Crippen LogP contribution >= 0.6 is 27.5 Å². The van der Waals surface area contributed by atoms with Crippen LogP contribution in [0.25, 0.3) is 0 Å². The molecule has 104 valence electrons. The molecule has 0 radical (unpaired) electrons. The lowest BCUT2D eigenvalue weighted by molar-refractivity contribution is 0.0940. The molecule has 1 amide bonds. The molecule has 1 N–H and O–H groups in total. The Morgan fingerprint density at radius 2 is 1.95 bits per heavy atom. The molecule has 0 saturated heterocycles.